The summed E-state index contributed by atoms with van der Waals surface area (Å²) < 4.78 is 2.39. The quantitative estimate of drug-likeness (QED) is 0.265. The van der Waals surface area contributed by atoms with Crippen LogP contribution in [-0.4, -0.2) is 4.57 Å². The van der Waals surface area contributed by atoms with Gasteiger partial charge in [-0.1, -0.05) is 91.0 Å². The van der Waals surface area contributed by atoms with E-state index in [2.05, 4.69) is 132 Å². The minimum atomic E-state index is 0.943. The highest BCUT2D eigenvalue weighted by atomic mass is 15.0. The summed E-state index contributed by atoms with van der Waals surface area (Å²) in [4.78, 5) is 0. The van der Waals surface area contributed by atoms with Crippen molar-refractivity contribution < 1.29 is 0 Å². The van der Waals surface area contributed by atoms with Crippen molar-refractivity contribution >= 4 is 21.8 Å². The van der Waals surface area contributed by atoms with E-state index in [4.69, 9.17) is 0 Å². The van der Waals surface area contributed by atoms with Gasteiger partial charge in [-0.2, -0.15) is 0 Å². The first-order valence-electron chi connectivity index (χ1n) is 11.5. The summed E-state index contributed by atoms with van der Waals surface area (Å²) in [6.07, 6.45) is 1.89. The lowest BCUT2D eigenvalue weighted by atomic mass is 10.0. The molecular weight excluding hydrogens is 398 g/mol. The summed E-state index contributed by atoms with van der Waals surface area (Å²) >= 11 is 0. The molecule has 1 nitrogen and oxygen atoms in total. The average Bonchev–Trinajstić information content (AvgIpc) is 3.19. The van der Waals surface area contributed by atoms with Crippen molar-refractivity contribution in [2.75, 3.05) is 0 Å². The van der Waals surface area contributed by atoms with Crippen LogP contribution in [0.5, 0.6) is 0 Å². The summed E-state index contributed by atoms with van der Waals surface area (Å²) in [6.45, 7) is 0. The van der Waals surface area contributed by atoms with Gasteiger partial charge < -0.3 is 4.57 Å². The first-order valence-corrected chi connectivity index (χ1v) is 11.5. The number of benzene rings is 5. The zero-order valence-corrected chi connectivity index (χ0v) is 18.5. The van der Waals surface area contributed by atoms with Crippen LogP contribution in [0.2, 0.25) is 0 Å². The summed E-state index contributed by atoms with van der Waals surface area (Å²) in [5.41, 5.74) is 9.07. The van der Waals surface area contributed by atoms with E-state index < -0.39 is 0 Å². The van der Waals surface area contributed by atoms with Crippen LogP contribution in [0, 0.1) is 0 Å². The van der Waals surface area contributed by atoms with E-state index >= 15 is 0 Å². The minimum Gasteiger partial charge on any atom is -0.309 e. The molecule has 5 aromatic carbocycles. The first-order chi connectivity index (χ1) is 16.3. The molecule has 0 saturated heterocycles. The third-order valence-corrected chi connectivity index (χ3v) is 6.41. The number of para-hydroxylation sites is 1. The maximum absolute atomic E-state index is 2.39. The van der Waals surface area contributed by atoms with Crippen LogP contribution in [0.15, 0.2) is 127 Å². The zero-order valence-electron chi connectivity index (χ0n) is 18.5. The molecule has 1 heteroatoms. The van der Waals surface area contributed by atoms with Crippen molar-refractivity contribution in [2.45, 2.75) is 12.8 Å². The van der Waals surface area contributed by atoms with Crippen LogP contribution in [0.25, 0.3) is 27.5 Å². The molecule has 0 bridgehead atoms. The Morgan fingerprint density at radius 3 is 1.27 bits per heavy atom. The van der Waals surface area contributed by atoms with E-state index in [0.717, 1.165) is 12.8 Å². The molecule has 0 radical (unpaired) electrons. The first kappa shape index (κ1) is 19.6. The predicted octanol–water partition coefficient (Wildman–Crippen LogP) is 7.97. The van der Waals surface area contributed by atoms with Crippen LogP contribution in [0.4, 0.5) is 0 Å². The molecule has 6 rings (SSSR count). The van der Waals surface area contributed by atoms with E-state index in [0.29, 0.717) is 0 Å². The van der Waals surface area contributed by atoms with Crippen LogP contribution in [0.1, 0.15) is 22.3 Å². The Morgan fingerprint density at radius 2 is 0.818 bits per heavy atom. The molecule has 0 spiro atoms. The lowest BCUT2D eigenvalue weighted by Crippen LogP contribution is -1.94. The fourth-order valence-corrected chi connectivity index (χ4v) is 4.86. The van der Waals surface area contributed by atoms with Gasteiger partial charge >= 0.3 is 0 Å². The highest BCUT2D eigenvalue weighted by Crippen LogP contribution is 2.34. The van der Waals surface area contributed by atoms with Gasteiger partial charge in [-0.3, -0.25) is 0 Å². The Hall–Kier alpha value is -4.10. The molecular formula is C32H25N. The Labute approximate surface area is 194 Å². The van der Waals surface area contributed by atoms with Gasteiger partial charge in [0.05, 0.1) is 11.0 Å². The number of rotatable bonds is 5. The van der Waals surface area contributed by atoms with E-state index in [1.165, 1.54) is 49.7 Å². The van der Waals surface area contributed by atoms with Gasteiger partial charge in [0.1, 0.15) is 0 Å². The number of hydrogen-bond donors (Lipinski definition) is 0. The second-order valence-corrected chi connectivity index (χ2v) is 8.70. The molecule has 0 amide bonds. The highest BCUT2D eigenvalue weighted by Gasteiger charge is 2.14. The van der Waals surface area contributed by atoms with Gasteiger partial charge in [-0.15, -0.1) is 0 Å². The Morgan fingerprint density at radius 1 is 0.394 bits per heavy atom. The van der Waals surface area contributed by atoms with Crippen LogP contribution in [-0.2, 0) is 12.8 Å². The second-order valence-electron chi connectivity index (χ2n) is 8.70. The molecule has 158 valence electrons. The molecule has 0 saturated carbocycles. The molecule has 0 aliphatic heterocycles. The summed E-state index contributed by atoms with van der Waals surface area (Å²) in [5.74, 6) is 0. The van der Waals surface area contributed by atoms with Crippen molar-refractivity contribution in [1.29, 1.82) is 0 Å². The Kier molecular flexibility index (Phi) is 5.01. The summed E-state index contributed by atoms with van der Waals surface area (Å²) in [6, 6.07) is 46.0. The number of hydrogen-bond acceptors (Lipinski definition) is 0. The highest BCUT2D eigenvalue weighted by molar-refractivity contribution is 6.09. The lowest BCUT2D eigenvalue weighted by Gasteiger charge is -2.08. The predicted molar refractivity (Wildman–Crippen MR) is 139 cm³/mol. The van der Waals surface area contributed by atoms with E-state index in [1.54, 1.807) is 0 Å². The molecule has 0 fully saturated rings. The molecule has 0 N–H and O–H groups in total. The van der Waals surface area contributed by atoms with E-state index in [9.17, 15) is 0 Å². The van der Waals surface area contributed by atoms with Gasteiger partial charge in [-0.05, 0) is 71.5 Å². The average molecular weight is 424 g/mol. The number of fused-ring (bicyclic) bond motifs is 3. The fourth-order valence-electron chi connectivity index (χ4n) is 4.86. The van der Waals surface area contributed by atoms with Gasteiger partial charge in [0, 0.05) is 16.5 Å². The van der Waals surface area contributed by atoms with Crippen molar-refractivity contribution in [1.82, 2.24) is 4.57 Å². The monoisotopic (exact) mass is 423 g/mol. The number of nitrogens with zero attached hydrogens (tertiary/aromatic N) is 1. The van der Waals surface area contributed by atoms with Crippen LogP contribution < -0.4 is 0 Å². The molecule has 6 aromatic rings. The SMILES string of the molecule is c1ccc(Cc2ccc3c(c2)c2cc(Cc4ccccc4)ccc2n3-c2ccccc2)cc1. The number of aromatic nitrogens is 1. The normalized spacial score (nSPS) is 11.3. The van der Waals surface area contributed by atoms with Gasteiger partial charge in [0.25, 0.3) is 0 Å². The molecule has 1 heterocycles. The maximum Gasteiger partial charge on any atom is 0.0541 e. The fraction of sp³-hybridized carbons (Fsp3) is 0.0625. The Balaban J connectivity index is 1.53. The molecule has 0 aliphatic carbocycles. The zero-order chi connectivity index (χ0) is 22.0. The van der Waals surface area contributed by atoms with Gasteiger partial charge in [-0.25, -0.2) is 0 Å². The van der Waals surface area contributed by atoms with Crippen molar-refractivity contribution in [3.05, 3.63) is 150 Å². The van der Waals surface area contributed by atoms with E-state index in [1.807, 2.05) is 0 Å². The molecule has 33 heavy (non-hydrogen) atoms. The smallest absolute Gasteiger partial charge is 0.0541 e. The van der Waals surface area contributed by atoms with Gasteiger partial charge in [0.15, 0.2) is 0 Å². The molecule has 0 aliphatic rings. The van der Waals surface area contributed by atoms with Crippen LogP contribution in [0.3, 0.4) is 0 Å². The third kappa shape index (κ3) is 3.83. The summed E-state index contributed by atoms with van der Waals surface area (Å²) in [5, 5.41) is 2.63. The minimum absolute atomic E-state index is 0.943. The summed E-state index contributed by atoms with van der Waals surface area (Å²) in [7, 11) is 0. The second kappa shape index (κ2) is 8.44. The third-order valence-electron chi connectivity index (χ3n) is 6.41. The van der Waals surface area contributed by atoms with Crippen molar-refractivity contribution in [3.8, 4) is 5.69 Å². The molecule has 0 atom stereocenters. The Bertz CT molecular complexity index is 1430. The van der Waals surface area contributed by atoms with Crippen molar-refractivity contribution in [2.24, 2.45) is 0 Å². The topological polar surface area (TPSA) is 4.93 Å². The molecule has 1 aromatic heterocycles. The standard InChI is InChI=1S/C32H25N/c1-4-10-24(11-5-1)20-26-16-18-31-29(22-26)30-23-27(21-25-12-6-2-7-13-25)17-19-32(30)33(31)28-14-8-3-9-15-28/h1-19,22-23H,20-21H2. The largest absolute Gasteiger partial charge is 0.309 e. The van der Waals surface area contributed by atoms with Crippen molar-refractivity contribution in [3.63, 3.8) is 0 Å². The maximum atomic E-state index is 2.39. The van der Waals surface area contributed by atoms with Crippen LogP contribution >= 0.6 is 0 Å². The van der Waals surface area contributed by atoms with Gasteiger partial charge in [0.2, 0.25) is 0 Å². The van der Waals surface area contributed by atoms with E-state index in [-0.39, 0.29) is 0 Å². The lowest BCUT2D eigenvalue weighted by molar-refractivity contribution is 1.16. The molecule has 0 unspecified atom stereocenters.